The van der Waals surface area contributed by atoms with Crippen molar-refractivity contribution in [3.8, 4) is 0 Å². The molecule has 1 aliphatic carbocycles. The van der Waals surface area contributed by atoms with Gasteiger partial charge in [-0.3, -0.25) is 9.79 Å². The molecular weight excluding hydrogens is 326 g/mol. The minimum atomic E-state index is -0.488. The van der Waals surface area contributed by atoms with E-state index in [9.17, 15) is 9.59 Å². The summed E-state index contributed by atoms with van der Waals surface area (Å²) < 4.78 is 5.29. The Morgan fingerprint density at radius 1 is 1.00 bits per heavy atom. The molecule has 0 saturated heterocycles. The minimum Gasteiger partial charge on any atom is -0.463 e. The van der Waals surface area contributed by atoms with Crippen LogP contribution in [0, 0.1) is 5.92 Å². The first kappa shape index (κ1) is 16.5. The number of esters is 1. The van der Waals surface area contributed by atoms with E-state index in [-0.39, 0.29) is 18.3 Å². The van der Waals surface area contributed by atoms with Crippen LogP contribution in [0.2, 0.25) is 0 Å². The first-order valence-corrected chi connectivity index (χ1v) is 8.78. The number of ether oxygens (including phenoxy) is 1. The van der Waals surface area contributed by atoms with Gasteiger partial charge in [0.15, 0.2) is 5.78 Å². The second-order valence-electron chi connectivity index (χ2n) is 6.49. The summed E-state index contributed by atoms with van der Waals surface area (Å²) in [5, 5.41) is 0. The average molecular weight is 345 g/mol. The van der Waals surface area contributed by atoms with Gasteiger partial charge in [0.2, 0.25) is 0 Å². The Kier molecular flexibility index (Phi) is 4.03. The molecule has 4 rings (SSSR count). The molecule has 0 bridgehead atoms. The van der Waals surface area contributed by atoms with Crippen molar-refractivity contribution in [3.63, 3.8) is 0 Å². The Labute approximate surface area is 152 Å². The number of hydrogen-bond acceptors (Lipinski definition) is 4. The second-order valence-corrected chi connectivity index (χ2v) is 6.49. The van der Waals surface area contributed by atoms with Crippen LogP contribution in [-0.2, 0) is 9.53 Å². The second kappa shape index (κ2) is 6.37. The van der Waals surface area contributed by atoms with Crippen LogP contribution < -0.4 is 0 Å². The maximum Gasteiger partial charge on any atom is 0.336 e. The van der Waals surface area contributed by atoms with Crippen molar-refractivity contribution in [2.45, 2.75) is 19.8 Å². The van der Waals surface area contributed by atoms with Crippen LogP contribution in [-0.4, -0.2) is 24.1 Å². The highest BCUT2D eigenvalue weighted by Gasteiger charge is 2.47. The molecule has 2 aromatic carbocycles. The van der Waals surface area contributed by atoms with Gasteiger partial charge in [0.25, 0.3) is 0 Å². The van der Waals surface area contributed by atoms with E-state index in [1.165, 1.54) is 0 Å². The van der Waals surface area contributed by atoms with Crippen molar-refractivity contribution in [2.75, 3.05) is 6.61 Å². The smallest absolute Gasteiger partial charge is 0.336 e. The normalized spacial score (nSPS) is 21.2. The van der Waals surface area contributed by atoms with Gasteiger partial charge >= 0.3 is 5.97 Å². The van der Waals surface area contributed by atoms with E-state index in [1.54, 1.807) is 6.92 Å². The molecule has 2 aromatic rings. The fourth-order valence-corrected chi connectivity index (χ4v) is 3.96. The van der Waals surface area contributed by atoms with E-state index >= 15 is 0 Å². The van der Waals surface area contributed by atoms with Crippen molar-refractivity contribution >= 4 is 17.5 Å². The molecule has 0 spiro atoms. The Balaban J connectivity index is 1.94. The number of carbonyl (C=O) groups is 2. The van der Waals surface area contributed by atoms with E-state index < -0.39 is 11.9 Å². The topological polar surface area (TPSA) is 55.7 Å². The molecule has 130 valence electrons. The molecule has 0 unspecified atom stereocenters. The predicted molar refractivity (Wildman–Crippen MR) is 99.3 cm³/mol. The third kappa shape index (κ3) is 2.41. The fourth-order valence-electron chi connectivity index (χ4n) is 3.96. The van der Waals surface area contributed by atoms with E-state index in [4.69, 9.17) is 4.74 Å². The van der Waals surface area contributed by atoms with Gasteiger partial charge in [-0.2, -0.15) is 0 Å². The molecule has 0 aromatic heterocycles. The number of allylic oxidation sites excluding steroid dienone is 1. The number of fused-ring (bicyclic) bond motifs is 3. The maximum atomic E-state index is 13.2. The largest absolute Gasteiger partial charge is 0.463 e. The standard InChI is InChI=1S/C22H19NO3/c1-3-26-22(25)17-13(2)23-20-15-11-7-8-12-16(15)21(24)19(20)18(17)14-9-5-4-6-10-14/h4-12,18-19H,3H2,1-2H3/t18-,19+/m0/s1. The van der Waals surface area contributed by atoms with Gasteiger partial charge in [-0.1, -0.05) is 54.6 Å². The van der Waals surface area contributed by atoms with E-state index in [0.29, 0.717) is 16.8 Å². The summed E-state index contributed by atoms with van der Waals surface area (Å²) in [5.41, 5.74) is 4.32. The van der Waals surface area contributed by atoms with Crippen LogP contribution in [0.1, 0.15) is 41.3 Å². The molecule has 26 heavy (non-hydrogen) atoms. The lowest BCUT2D eigenvalue weighted by atomic mass is 9.75. The summed E-state index contributed by atoms with van der Waals surface area (Å²) in [6.07, 6.45) is 0. The van der Waals surface area contributed by atoms with Crippen LogP contribution >= 0.6 is 0 Å². The Bertz CT molecular complexity index is 956. The number of nitrogens with zero attached hydrogens (tertiary/aromatic N) is 1. The number of aliphatic imine (C=N–C) groups is 1. The highest BCUT2D eigenvalue weighted by atomic mass is 16.5. The fraction of sp³-hybridized carbons (Fsp3) is 0.227. The van der Waals surface area contributed by atoms with Crippen LogP contribution in [0.25, 0.3) is 0 Å². The lowest BCUT2D eigenvalue weighted by Gasteiger charge is -2.29. The van der Waals surface area contributed by atoms with Crippen molar-refractivity contribution in [1.29, 1.82) is 0 Å². The van der Waals surface area contributed by atoms with Gasteiger partial charge in [0.1, 0.15) is 0 Å². The van der Waals surface area contributed by atoms with Gasteiger partial charge in [0, 0.05) is 22.7 Å². The number of hydrogen-bond donors (Lipinski definition) is 0. The Hall–Kier alpha value is -3.01. The van der Waals surface area contributed by atoms with Gasteiger partial charge in [-0.05, 0) is 19.4 Å². The van der Waals surface area contributed by atoms with E-state index in [0.717, 1.165) is 16.8 Å². The molecule has 1 heterocycles. The molecule has 2 atom stereocenters. The zero-order valence-electron chi connectivity index (χ0n) is 14.7. The molecule has 1 aliphatic heterocycles. The first-order valence-electron chi connectivity index (χ1n) is 8.78. The van der Waals surface area contributed by atoms with Crippen LogP contribution in [0.3, 0.4) is 0 Å². The van der Waals surface area contributed by atoms with Gasteiger partial charge in [-0.15, -0.1) is 0 Å². The summed E-state index contributed by atoms with van der Waals surface area (Å²) >= 11 is 0. The quantitative estimate of drug-likeness (QED) is 0.792. The molecule has 0 radical (unpaired) electrons. The van der Waals surface area contributed by atoms with E-state index in [1.807, 2.05) is 61.5 Å². The van der Waals surface area contributed by atoms with Crippen LogP contribution in [0.5, 0.6) is 0 Å². The van der Waals surface area contributed by atoms with Crippen LogP contribution in [0.15, 0.2) is 70.9 Å². The first-order chi connectivity index (χ1) is 12.6. The van der Waals surface area contributed by atoms with Crippen molar-refractivity contribution in [1.82, 2.24) is 0 Å². The molecule has 0 amide bonds. The van der Waals surface area contributed by atoms with Crippen LogP contribution in [0.4, 0.5) is 0 Å². The highest BCUT2D eigenvalue weighted by Crippen LogP contribution is 2.45. The summed E-state index contributed by atoms with van der Waals surface area (Å²) in [6.45, 7) is 3.88. The Morgan fingerprint density at radius 2 is 1.65 bits per heavy atom. The minimum absolute atomic E-state index is 0.0162. The summed E-state index contributed by atoms with van der Waals surface area (Å²) in [6, 6.07) is 17.2. The zero-order chi connectivity index (χ0) is 18.3. The number of rotatable bonds is 3. The van der Waals surface area contributed by atoms with Gasteiger partial charge < -0.3 is 4.74 Å². The third-order valence-electron chi connectivity index (χ3n) is 5.02. The lowest BCUT2D eigenvalue weighted by molar-refractivity contribution is -0.139. The average Bonchev–Trinajstić information content (AvgIpc) is 2.94. The molecule has 4 nitrogen and oxygen atoms in total. The molecular formula is C22H19NO3. The van der Waals surface area contributed by atoms with E-state index in [2.05, 4.69) is 4.99 Å². The summed E-state index contributed by atoms with van der Waals surface area (Å²) in [5.74, 6) is -1.26. The zero-order valence-corrected chi connectivity index (χ0v) is 14.7. The lowest BCUT2D eigenvalue weighted by Crippen LogP contribution is -2.32. The summed E-state index contributed by atoms with van der Waals surface area (Å²) in [4.78, 5) is 30.6. The SMILES string of the molecule is CCOC(=O)C1=C(C)N=C2c3ccccc3C(=O)[C@@H]2[C@H]1c1ccccc1. The molecule has 4 heteroatoms. The molecule has 0 N–H and O–H groups in total. The monoisotopic (exact) mass is 345 g/mol. The number of carbonyl (C=O) groups excluding carboxylic acids is 2. The maximum absolute atomic E-state index is 13.2. The predicted octanol–water partition coefficient (Wildman–Crippen LogP) is 3.92. The van der Waals surface area contributed by atoms with Crippen molar-refractivity contribution < 1.29 is 14.3 Å². The molecule has 0 saturated carbocycles. The molecule has 0 fully saturated rings. The molecule has 2 aliphatic rings. The van der Waals surface area contributed by atoms with Crippen molar-refractivity contribution in [3.05, 3.63) is 82.6 Å². The Morgan fingerprint density at radius 3 is 2.35 bits per heavy atom. The van der Waals surface area contributed by atoms with Gasteiger partial charge in [0.05, 0.1) is 23.8 Å². The number of ketones is 1. The highest BCUT2D eigenvalue weighted by molar-refractivity contribution is 6.30. The van der Waals surface area contributed by atoms with Gasteiger partial charge in [-0.25, -0.2) is 4.79 Å². The van der Waals surface area contributed by atoms with Crippen molar-refractivity contribution in [2.24, 2.45) is 10.9 Å². The summed E-state index contributed by atoms with van der Waals surface area (Å²) in [7, 11) is 0. The third-order valence-corrected chi connectivity index (χ3v) is 5.02. The number of benzene rings is 2. The number of Topliss-reactive ketones (excluding diaryl/α,β-unsaturated/α-hetero) is 1.